The van der Waals surface area contributed by atoms with Crippen LogP contribution in [0.3, 0.4) is 0 Å². The summed E-state index contributed by atoms with van der Waals surface area (Å²) in [6, 6.07) is 6.10. The van der Waals surface area contributed by atoms with Crippen molar-refractivity contribution >= 4 is 0 Å². The third-order valence-electron chi connectivity index (χ3n) is 2.80. The van der Waals surface area contributed by atoms with Crippen molar-refractivity contribution in [2.45, 2.75) is 32.6 Å². The van der Waals surface area contributed by atoms with Crippen molar-refractivity contribution in [2.24, 2.45) is 0 Å². The van der Waals surface area contributed by atoms with E-state index in [-0.39, 0.29) is 0 Å². The number of hydrogen-bond donors (Lipinski definition) is 0. The summed E-state index contributed by atoms with van der Waals surface area (Å²) in [5.74, 6) is 1.59. The first-order valence-electron chi connectivity index (χ1n) is 6.60. The van der Waals surface area contributed by atoms with E-state index in [2.05, 4.69) is 13.0 Å². The maximum atomic E-state index is 5.46. The zero-order chi connectivity index (χ0) is 13.2. The van der Waals surface area contributed by atoms with E-state index in [4.69, 9.17) is 14.2 Å². The van der Waals surface area contributed by atoms with Gasteiger partial charge in [0.2, 0.25) is 0 Å². The van der Waals surface area contributed by atoms with E-state index in [0.717, 1.165) is 50.4 Å². The molecule has 0 aliphatic rings. The highest BCUT2D eigenvalue weighted by molar-refractivity contribution is 5.42. The number of ether oxygens (including phenoxy) is 3. The van der Waals surface area contributed by atoms with Gasteiger partial charge in [0.1, 0.15) is 0 Å². The van der Waals surface area contributed by atoms with Gasteiger partial charge in [-0.15, -0.1) is 0 Å². The first-order valence-corrected chi connectivity index (χ1v) is 6.60. The summed E-state index contributed by atoms with van der Waals surface area (Å²) in [5, 5.41) is 0. The molecular weight excluding hydrogens is 228 g/mol. The summed E-state index contributed by atoms with van der Waals surface area (Å²) in [6.45, 7) is 3.86. The Morgan fingerprint density at radius 1 is 0.944 bits per heavy atom. The Labute approximate surface area is 110 Å². The van der Waals surface area contributed by atoms with Crippen LogP contribution >= 0.6 is 0 Å². The number of benzene rings is 1. The number of methoxy groups -OCH3 is 2. The molecule has 0 spiro atoms. The highest BCUT2D eigenvalue weighted by Gasteiger charge is 2.04. The van der Waals surface area contributed by atoms with Gasteiger partial charge in [-0.3, -0.25) is 0 Å². The zero-order valence-corrected chi connectivity index (χ0v) is 11.7. The number of rotatable bonds is 9. The summed E-state index contributed by atoms with van der Waals surface area (Å²) >= 11 is 0. The van der Waals surface area contributed by atoms with E-state index in [1.54, 1.807) is 14.2 Å². The molecule has 0 aliphatic heterocycles. The largest absolute Gasteiger partial charge is 0.493 e. The average Bonchev–Trinajstić information content (AvgIpc) is 2.42. The van der Waals surface area contributed by atoms with E-state index < -0.39 is 0 Å². The van der Waals surface area contributed by atoms with Crippen LogP contribution in [0.25, 0.3) is 0 Å². The summed E-state index contributed by atoms with van der Waals surface area (Å²) < 4.78 is 16.0. The molecule has 0 heterocycles. The summed E-state index contributed by atoms with van der Waals surface area (Å²) in [5.41, 5.74) is 1.28. The van der Waals surface area contributed by atoms with E-state index in [1.165, 1.54) is 5.56 Å². The van der Waals surface area contributed by atoms with Gasteiger partial charge in [0.15, 0.2) is 11.5 Å². The molecule has 0 radical (unpaired) electrons. The molecule has 0 bridgehead atoms. The molecule has 0 N–H and O–H groups in total. The van der Waals surface area contributed by atoms with Gasteiger partial charge in [0.05, 0.1) is 14.2 Å². The molecule has 1 aromatic rings. The monoisotopic (exact) mass is 252 g/mol. The molecule has 0 saturated carbocycles. The van der Waals surface area contributed by atoms with Crippen molar-refractivity contribution in [2.75, 3.05) is 27.4 Å². The topological polar surface area (TPSA) is 27.7 Å². The Balaban J connectivity index is 2.34. The predicted octanol–water partition coefficient (Wildman–Crippen LogP) is 3.45. The first kappa shape index (κ1) is 14.8. The van der Waals surface area contributed by atoms with E-state index in [9.17, 15) is 0 Å². The molecule has 0 fully saturated rings. The van der Waals surface area contributed by atoms with Gasteiger partial charge in [-0.05, 0) is 43.4 Å². The fraction of sp³-hybridized carbons (Fsp3) is 0.600. The van der Waals surface area contributed by atoms with E-state index in [0.29, 0.717) is 0 Å². The first-order chi connectivity index (χ1) is 8.81. The molecule has 102 valence electrons. The zero-order valence-electron chi connectivity index (χ0n) is 11.7. The fourth-order valence-electron chi connectivity index (χ4n) is 1.82. The van der Waals surface area contributed by atoms with Crippen molar-refractivity contribution in [3.63, 3.8) is 0 Å². The average molecular weight is 252 g/mol. The highest BCUT2D eigenvalue weighted by atomic mass is 16.5. The Bertz CT molecular complexity index is 337. The number of hydrogen-bond acceptors (Lipinski definition) is 3. The van der Waals surface area contributed by atoms with Gasteiger partial charge in [0.25, 0.3) is 0 Å². The lowest BCUT2D eigenvalue weighted by molar-refractivity contribution is 0.131. The van der Waals surface area contributed by atoms with Crippen LogP contribution < -0.4 is 9.47 Å². The van der Waals surface area contributed by atoms with Gasteiger partial charge in [-0.25, -0.2) is 0 Å². The second-order valence-corrected chi connectivity index (χ2v) is 4.26. The Morgan fingerprint density at radius 2 is 1.72 bits per heavy atom. The van der Waals surface area contributed by atoms with Crippen LogP contribution in [-0.4, -0.2) is 27.4 Å². The summed E-state index contributed by atoms with van der Waals surface area (Å²) in [7, 11) is 3.32. The molecule has 0 aliphatic carbocycles. The standard InChI is InChI=1S/C15H24O3/c1-4-10-18-11-6-5-7-13-8-9-14(16-2)15(12-13)17-3/h8-9,12H,4-7,10-11H2,1-3H3. The van der Waals surface area contributed by atoms with E-state index >= 15 is 0 Å². The minimum atomic E-state index is 0.785. The second-order valence-electron chi connectivity index (χ2n) is 4.26. The molecule has 3 heteroatoms. The van der Waals surface area contributed by atoms with Crippen LogP contribution in [0.1, 0.15) is 31.7 Å². The molecule has 18 heavy (non-hydrogen) atoms. The maximum absolute atomic E-state index is 5.46. The fourth-order valence-corrected chi connectivity index (χ4v) is 1.82. The van der Waals surface area contributed by atoms with Crippen LogP contribution in [0.15, 0.2) is 18.2 Å². The lowest BCUT2D eigenvalue weighted by atomic mass is 10.1. The van der Waals surface area contributed by atoms with Crippen molar-refractivity contribution in [3.05, 3.63) is 23.8 Å². The van der Waals surface area contributed by atoms with Crippen LogP contribution in [0.2, 0.25) is 0 Å². The molecule has 0 aromatic heterocycles. The smallest absolute Gasteiger partial charge is 0.160 e. The number of aryl methyl sites for hydroxylation is 1. The normalized spacial score (nSPS) is 10.4. The Morgan fingerprint density at radius 3 is 2.39 bits per heavy atom. The van der Waals surface area contributed by atoms with Gasteiger partial charge in [-0.2, -0.15) is 0 Å². The lowest BCUT2D eigenvalue weighted by Gasteiger charge is -2.09. The quantitative estimate of drug-likeness (QED) is 0.630. The second kappa shape index (κ2) is 8.81. The van der Waals surface area contributed by atoms with Crippen molar-refractivity contribution in [1.29, 1.82) is 0 Å². The lowest BCUT2D eigenvalue weighted by Crippen LogP contribution is -1.97. The molecule has 0 atom stereocenters. The maximum Gasteiger partial charge on any atom is 0.160 e. The molecule has 0 amide bonds. The summed E-state index contributed by atoms with van der Waals surface area (Å²) in [4.78, 5) is 0. The predicted molar refractivity (Wildman–Crippen MR) is 73.6 cm³/mol. The van der Waals surface area contributed by atoms with Gasteiger partial charge >= 0.3 is 0 Å². The summed E-state index contributed by atoms with van der Waals surface area (Å²) in [6.07, 6.45) is 4.39. The molecule has 1 aromatic carbocycles. The molecule has 0 saturated heterocycles. The van der Waals surface area contributed by atoms with E-state index in [1.807, 2.05) is 12.1 Å². The number of unbranched alkanes of at least 4 members (excludes halogenated alkanes) is 1. The minimum Gasteiger partial charge on any atom is -0.493 e. The Kier molecular flexibility index (Phi) is 7.26. The SMILES string of the molecule is CCCOCCCCc1ccc(OC)c(OC)c1. The van der Waals surface area contributed by atoms with Gasteiger partial charge in [-0.1, -0.05) is 13.0 Å². The van der Waals surface area contributed by atoms with Gasteiger partial charge < -0.3 is 14.2 Å². The highest BCUT2D eigenvalue weighted by Crippen LogP contribution is 2.28. The van der Waals surface area contributed by atoms with Crippen LogP contribution in [0.4, 0.5) is 0 Å². The molecule has 3 nitrogen and oxygen atoms in total. The molecule has 1 rings (SSSR count). The van der Waals surface area contributed by atoms with Crippen LogP contribution in [0.5, 0.6) is 11.5 Å². The van der Waals surface area contributed by atoms with Crippen molar-refractivity contribution < 1.29 is 14.2 Å². The third-order valence-corrected chi connectivity index (χ3v) is 2.80. The van der Waals surface area contributed by atoms with Crippen molar-refractivity contribution in [3.8, 4) is 11.5 Å². The van der Waals surface area contributed by atoms with Gasteiger partial charge in [0, 0.05) is 13.2 Å². The molecular formula is C15H24O3. The van der Waals surface area contributed by atoms with Crippen LogP contribution in [0, 0.1) is 0 Å². The Hall–Kier alpha value is -1.22. The van der Waals surface area contributed by atoms with Crippen molar-refractivity contribution in [1.82, 2.24) is 0 Å². The van der Waals surface area contributed by atoms with Crippen LogP contribution in [-0.2, 0) is 11.2 Å². The molecule has 0 unspecified atom stereocenters. The third kappa shape index (κ3) is 4.96. The minimum absolute atomic E-state index is 0.785.